The number of hydrogen-bond donors (Lipinski definition) is 1. The highest BCUT2D eigenvalue weighted by atomic mass is 16.7. The first-order valence-corrected chi connectivity index (χ1v) is 7.24. The summed E-state index contributed by atoms with van der Waals surface area (Å²) < 4.78 is 10.6. The van der Waals surface area contributed by atoms with E-state index in [1.54, 1.807) is 0 Å². The Morgan fingerprint density at radius 2 is 1.90 bits per heavy atom. The molecule has 5 nitrogen and oxygen atoms in total. The van der Waals surface area contributed by atoms with Gasteiger partial charge in [-0.25, -0.2) is 0 Å². The Kier molecular flexibility index (Phi) is 2.63. The highest BCUT2D eigenvalue weighted by molar-refractivity contribution is 5.98. The Morgan fingerprint density at radius 3 is 2.70 bits per heavy atom. The molecule has 3 aliphatic heterocycles. The summed E-state index contributed by atoms with van der Waals surface area (Å²) in [5.41, 5.74) is 0.517. The van der Waals surface area contributed by atoms with Gasteiger partial charge in [-0.05, 0) is 50.9 Å². The third-order valence-corrected chi connectivity index (χ3v) is 4.70. The molecule has 0 aromatic heterocycles. The molecule has 1 aromatic carbocycles. The van der Waals surface area contributed by atoms with Crippen LogP contribution >= 0.6 is 0 Å². The van der Waals surface area contributed by atoms with E-state index in [1.807, 2.05) is 18.2 Å². The van der Waals surface area contributed by atoms with Gasteiger partial charge in [0.1, 0.15) is 5.54 Å². The first kappa shape index (κ1) is 12.0. The maximum atomic E-state index is 12.7. The van der Waals surface area contributed by atoms with Gasteiger partial charge in [0.2, 0.25) is 12.7 Å². The lowest BCUT2D eigenvalue weighted by Gasteiger charge is -2.30. The zero-order valence-electron chi connectivity index (χ0n) is 11.4. The second-order valence-corrected chi connectivity index (χ2v) is 5.75. The summed E-state index contributed by atoms with van der Waals surface area (Å²) >= 11 is 0. The summed E-state index contributed by atoms with van der Waals surface area (Å²) in [5.74, 6) is 1.57. The minimum atomic E-state index is -0.267. The molecule has 3 aliphatic rings. The number of ether oxygens (including phenoxy) is 2. The molecule has 0 atom stereocenters. The summed E-state index contributed by atoms with van der Waals surface area (Å²) in [6.07, 6.45) is 4.19. The van der Waals surface area contributed by atoms with Crippen molar-refractivity contribution in [3.63, 3.8) is 0 Å². The molecule has 3 heterocycles. The highest BCUT2D eigenvalue weighted by Gasteiger charge is 2.49. The number of amides is 1. The van der Waals surface area contributed by atoms with Gasteiger partial charge in [0, 0.05) is 11.8 Å². The van der Waals surface area contributed by atoms with Crippen molar-refractivity contribution in [2.45, 2.75) is 31.2 Å². The lowest BCUT2D eigenvalue weighted by Crippen LogP contribution is -2.48. The van der Waals surface area contributed by atoms with Crippen LogP contribution in [0.2, 0.25) is 0 Å². The number of fused-ring (bicyclic) bond motifs is 2. The molecule has 0 bridgehead atoms. The van der Waals surface area contributed by atoms with Crippen LogP contribution in [-0.4, -0.2) is 36.2 Å². The molecule has 2 fully saturated rings. The van der Waals surface area contributed by atoms with Gasteiger partial charge in [0.25, 0.3) is 0 Å². The number of carbonyl (C=O) groups is 1. The summed E-state index contributed by atoms with van der Waals surface area (Å²) in [5, 5.41) is 3.06. The Bertz CT molecular complexity index is 548. The summed E-state index contributed by atoms with van der Waals surface area (Å²) in [6, 6.07) is 5.55. The van der Waals surface area contributed by atoms with Crippen LogP contribution < -0.4 is 14.8 Å². The van der Waals surface area contributed by atoms with Crippen LogP contribution in [0.4, 0.5) is 5.69 Å². The minimum absolute atomic E-state index is 0.131. The van der Waals surface area contributed by atoms with E-state index >= 15 is 0 Å². The molecule has 1 amide bonds. The minimum Gasteiger partial charge on any atom is -0.454 e. The second-order valence-electron chi connectivity index (χ2n) is 5.75. The largest absolute Gasteiger partial charge is 0.454 e. The van der Waals surface area contributed by atoms with Crippen LogP contribution in [0.3, 0.4) is 0 Å². The number of nitrogens with zero attached hydrogens (tertiary/aromatic N) is 1. The molecule has 1 aromatic rings. The fourth-order valence-corrected chi connectivity index (χ4v) is 3.70. The van der Waals surface area contributed by atoms with Crippen molar-refractivity contribution in [1.29, 1.82) is 0 Å². The Labute approximate surface area is 117 Å². The smallest absolute Gasteiger partial charge is 0.244 e. The molecular weight excluding hydrogens is 256 g/mol. The van der Waals surface area contributed by atoms with Crippen LogP contribution in [0.15, 0.2) is 18.2 Å². The van der Waals surface area contributed by atoms with E-state index in [2.05, 4.69) is 10.2 Å². The van der Waals surface area contributed by atoms with E-state index in [1.165, 1.54) is 0 Å². The molecule has 0 saturated carbocycles. The van der Waals surface area contributed by atoms with Crippen LogP contribution in [0.5, 0.6) is 11.5 Å². The van der Waals surface area contributed by atoms with E-state index < -0.39 is 0 Å². The zero-order chi connectivity index (χ0) is 13.6. The topological polar surface area (TPSA) is 50.8 Å². The van der Waals surface area contributed by atoms with Crippen molar-refractivity contribution in [2.75, 3.05) is 25.2 Å². The van der Waals surface area contributed by atoms with Crippen molar-refractivity contribution in [3.05, 3.63) is 18.2 Å². The number of carbonyl (C=O) groups excluding carboxylic acids is 1. The molecule has 0 unspecified atom stereocenters. The van der Waals surface area contributed by atoms with Crippen LogP contribution in [0.25, 0.3) is 0 Å². The second kappa shape index (κ2) is 4.38. The van der Waals surface area contributed by atoms with Gasteiger partial charge >= 0.3 is 0 Å². The van der Waals surface area contributed by atoms with E-state index in [-0.39, 0.29) is 18.2 Å². The number of nitrogens with one attached hydrogen (secondary N) is 1. The van der Waals surface area contributed by atoms with Crippen molar-refractivity contribution in [3.8, 4) is 11.5 Å². The Hall–Kier alpha value is -1.75. The third-order valence-electron chi connectivity index (χ3n) is 4.70. The van der Waals surface area contributed by atoms with Crippen LogP contribution in [0, 0.1) is 0 Å². The Balaban J connectivity index is 1.55. The molecule has 4 rings (SSSR count). The molecule has 106 valence electrons. The van der Waals surface area contributed by atoms with Gasteiger partial charge in [-0.1, -0.05) is 0 Å². The maximum absolute atomic E-state index is 12.7. The first-order valence-electron chi connectivity index (χ1n) is 7.24. The SMILES string of the molecule is O=C(Nc1ccc2c(c1)OCO2)C12CCCN1CCC2. The van der Waals surface area contributed by atoms with E-state index in [4.69, 9.17) is 9.47 Å². The molecular formula is C15H18N2O3. The lowest BCUT2D eigenvalue weighted by atomic mass is 9.93. The molecule has 0 radical (unpaired) electrons. The van der Waals surface area contributed by atoms with E-state index in [0.717, 1.165) is 50.2 Å². The quantitative estimate of drug-likeness (QED) is 0.896. The van der Waals surface area contributed by atoms with E-state index in [9.17, 15) is 4.79 Å². The average molecular weight is 274 g/mol. The van der Waals surface area contributed by atoms with Gasteiger partial charge < -0.3 is 14.8 Å². The van der Waals surface area contributed by atoms with Gasteiger partial charge in [-0.2, -0.15) is 0 Å². The van der Waals surface area contributed by atoms with Gasteiger partial charge in [0.15, 0.2) is 11.5 Å². The molecule has 0 aliphatic carbocycles. The molecule has 5 heteroatoms. The maximum Gasteiger partial charge on any atom is 0.244 e. The average Bonchev–Trinajstić information content (AvgIpc) is 3.12. The third kappa shape index (κ3) is 1.69. The van der Waals surface area contributed by atoms with Gasteiger partial charge in [0.05, 0.1) is 0 Å². The monoisotopic (exact) mass is 274 g/mol. The van der Waals surface area contributed by atoms with Crippen LogP contribution in [-0.2, 0) is 4.79 Å². The number of anilines is 1. The highest BCUT2D eigenvalue weighted by Crippen LogP contribution is 2.40. The molecule has 0 spiro atoms. The summed E-state index contributed by atoms with van der Waals surface area (Å²) in [7, 11) is 0. The number of benzene rings is 1. The number of rotatable bonds is 2. The normalized spacial score (nSPS) is 22.8. The molecule has 20 heavy (non-hydrogen) atoms. The predicted octanol–water partition coefficient (Wildman–Crippen LogP) is 1.98. The zero-order valence-corrected chi connectivity index (χ0v) is 11.4. The van der Waals surface area contributed by atoms with Crippen molar-refractivity contribution < 1.29 is 14.3 Å². The van der Waals surface area contributed by atoms with Crippen molar-refractivity contribution >= 4 is 11.6 Å². The van der Waals surface area contributed by atoms with Gasteiger partial charge in [-0.15, -0.1) is 0 Å². The molecule has 2 saturated heterocycles. The standard InChI is InChI=1S/C15H18N2O3/c18-14(15-5-1-7-17(15)8-2-6-15)16-11-3-4-12-13(9-11)20-10-19-12/h3-4,9H,1-2,5-8,10H2,(H,16,18). The summed E-state index contributed by atoms with van der Waals surface area (Å²) in [4.78, 5) is 15.0. The predicted molar refractivity (Wildman–Crippen MR) is 74.0 cm³/mol. The van der Waals surface area contributed by atoms with Crippen LogP contribution in [0.1, 0.15) is 25.7 Å². The van der Waals surface area contributed by atoms with Crippen molar-refractivity contribution in [2.24, 2.45) is 0 Å². The first-order chi connectivity index (χ1) is 9.78. The Morgan fingerprint density at radius 1 is 1.15 bits per heavy atom. The fraction of sp³-hybridized carbons (Fsp3) is 0.533. The summed E-state index contributed by atoms with van der Waals surface area (Å²) in [6.45, 7) is 2.35. The van der Waals surface area contributed by atoms with Crippen molar-refractivity contribution in [1.82, 2.24) is 4.90 Å². The lowest BCUT2D eigenvalue weighted by molar-refractivity contribution is -0.125. The van der Waals surface area contributed by atoms with Gasteiger partial charge in [-0.3, -0.25) is 9.69 Å². The van der Waals surface area contributed by atoms with E-state index in [0.29, 0.717) is 5.75 Å². The number of hydrogen-bond acceptors (Lipinski definition) is 4. The fourth-order valence-electron chi connectivity index (χ4n) is 3.70. The molecule has 1 N–H and O–H groups in total.